The number of nitrogens with zero attached hydrogens (tertiary/aromatic N) is 2. The lowest BCUT2D eigenvalue weighted by Crippen LogP contribution is -2.49. The van der Waals surface area contributed by atoms with Crippen molar-refractivity contribution in [3.8, 4) is 0 Å². The van der Waals surface area contributed by atoms with Gasteiger partial charge in [-0.2, -0.15) is 0 Å². The zero-order chi connectivity index (χ0) is 15.1. The minimum absolute atomic E-state index is 0.120. The quantitative estimate of drug-likeness (QED) is 0.830. The van der Waals surface area contributed by atoms with Gasteiger partial charge in [-0.25, -0.2) is 9.59 Å². The van der Waals surface area contributed by atoms with Crippen molar-refractivity contribution in [3.05, 3.63) is 30.1 Å². The first-order valence-electron chi connectivity index (χ1n) is 6.59. The van der Waals surface area contributed by atoms with Gasteiger partial charge in [-0.3, -0.25) is 4.98 Å². The summed E-state index contributed by atoms with van der Waals surface area (Å²) in [5.41, 5.74) is 0.938. The molecule has 0 saturated carbocycles. The summed E-state index contributed by atoms with van der Waals surface area (Å²) in [7, 11) is 1.63. The predicted molar refractivity (Wildman–Crippen MR) is 75.1 cm³/mol. The molecule has 20 heavy (non-hydrogen) atoms. The molecule has 0 aromatic carbocycles. The molecule has 0 saturated heterocycles. The molecular weight excluding hydrogens is 258 g/mol. The number of pyridine rings is 1. The number of nitrogens with one attached hydrogen (secondary N) is 1. The molecule has 0 aliphatic rings. The van der Waals surface area contributed by atoms with Crippen LogP contribution < -0.4 is 5.32 Å². The lowest BCUT2D eigenvalue weighted by Gasteiger charge is -2.24. The van der Waals surface area contributed by atoms with Crippen molar-refractivity contribution in [3.63, 3.8) is 0 Å². The molecule has 0 aliphatic heterocycles. The smallest absolute Gasteiger partial charge is 0.326 e. The summed E-state index contributed by atoms with van der Waals surface area (Å²) in [6.45, 7) is 4.11. The SMILES string of the molecule is CCC(C)C(NC(=O)N(C)Cc1ccncc1)C(=O)O. The summed E-state index contributed by atoms with van der Waals surface area (Å²) in [4.78, 5) is 28.6. The van der Waals surface area contributed by atoms with E-state index in [1.165, 1.54) is 4.90 Å². The first-order valence-corrected chi connectivity index (χ1v) is 6.59. The molecule has 2 N–H and O–H groups in total. The van der Waals surface area contributed by atoms with Gasteiger partial charge < -0.3 is 15.3 Å². The third-order valence-corrected chi connectivity index (χ3v) is 3.27. The molecule has 110 valence electrons. The maximum atomic E-state index is 12.0. The Morgan fingerprint density at radius 1 is 1.40 bits per heavy atom. The second kappa shape index (κ2) is 7.47. The fourth-order valence-electron chi connectivity index (χ4n) is 1.76. The second-order valence-corrected chi connectivity index (χ2v) is 4.86. The highest BCUT2D eigenvalue weighted by Crippen LogP contribution is 2.09. The molecule has 6 nitrogen and oxygen atoms in total. The van der Waals surface area contributed by atoms with Crippen LogP contribution in [0.1, 0.15) is 25.8 Å². The van der Waals surface area contributed by atoms with Crippen molar-refractivity contribution in [2.45, 2.75) is 32.9 Å². The van der Waals surface area contributed by atoms with E-state index in [1.807, 2.05) is 26.0 Å². The average Bonchev–Trinajstić information content (AvgIpc) is 2.44. The van der Waals surface area contributed by atoms with E-state index < -0.39 is 18.0 Å². The topological polar surface area (TPSA) is 82.5 Å². The molecule has 1 aromatic rings. The van der Waals surface area contributed by atoms with Crippen LogP contribution in [0.25, 0.3) is 0 Å². The number of hydrogen-bond acceptors (Lipinski definition) is 3. The summed E-state index contributed by atoms with van der Waals surface area (Å²) in [6, 6.07) is 2.36. The Balaban J connectivity index is 2.62. The van der Waals surface area contributed by atoms with Crippen LogP contribution in [0.5, 0.6) is 0 Å². The van der Waals surface area contributed by atoms with Gasteiger partial charge >= 0.3 is 12.0 Å². The maximum Gasteiger partial charge on any atom is 0.326 e. The molecular formula is C14H21N3O3. The van der Waals surface area contributed by atoms with E-state index >= 15 is 0 Å². The van der Waals surface area contributed by atoms with E-state index in [9.17, 15) is 9.59 Å². The number of carbonyl (C=O) groups is 2. The Hall–Kier alpha value is -2.11. The number of hydrogen-bond donors (Lipinski definition) is 2. The van der Waals surface area contributed by atoms with Crippen LogP contribution in [0.4, 0.5) is 4.79 Å². The first-order chi connectivity index (χ1) is 9.45. The molecule has 1 aromatic heterocycles. The highest BCUT2D eigenvalue weighted by Gasteiger charge is 2.26. The highest BCUT2D eigenvalue weighted by atomic mass is 16.4. The van der Waals surface area contributed by atoms with E-state index in [4.69, 9.17) is 5.11 Å². The molecule has 0 aliphatic carbocycles. The first kappa shape index (κ1) is 15.9. The lowest BCUT2D eigenvalue weighted by atomic mass is 9.99. The zero-order valence-corrected chi connectivity index (χ0v) is 12.0. The van der Waals surface area contributed by atoms with E-state index in [-0.39, 0.29) is 5.92 Å². The highest BCUT2D eigenvalue weighted by molar-refractivity contribution is 5.82. The van der Waals surface area contributed by atoms with Gasteiger partial charge in [-0.1, -0.05) is 20.3 Å². The number of urea groups is 1. The summed E-state index contributed by atoms with van der Waals surface area (Å²) < 4.78 is 0. The van der Waals surface area contributed by atoms with Crippen LogP contribution in [0.15, 0.2) is 24.5 Å². The fourth-order valence-corrected chi connectivity index (χ4v) is 1.76. The molecule has 0 fully saturated rings. The van der Waals surface area contributed by atoms with Crippen molar-refractivity contribution >= 4 is 12.0 Å². The van der Waals surface area contributed by atoms with Crippen LogP contribution in [0.2, 0.25) is 0 Å². The molecule has 6 heteroatoms. The van der Waals surface area contributed by atoms with Crippen LogP contribution >= 0.6 is 0 Å². The zero-order valence-electron chi connectivity index (χ0n) is 12.0. The standard InChI is InChI=1S/C14H21N3O3/c1-4-10(2)12(13(18)19)16-14(20)17(3)9-11-5-7-15-8-6-11/h5-8,10,12H,4,9H2,1-3H3,(H,16,20)(H,18,19). The minimum atomic E-state index is -1.01. The average molecular weight is 279 g/mol. The number of carboxylic acid groups (broad SMARTS) is 1. The Morgan fingerprint density at radius 2 is 2.00 bits per heavy atom. The van der Waals surface area contributed by atoms with Crippen molar-refractivity contribution < 1.29 is 14.7 Å². The number of aliphatic carboxylic acids is 1. The number of rotatable bonds is 6. The molecule has 1 heterocycles. The van der Waals surface area contributed by atoms with Gasteiger partial charge in [-0.15, -0.1) is 0 Å². The van der Waals surface area contributed by atoms with Gasteiger partial charge in [0.1, 0.15) is 6.04 Å². The van der Waals surface area contributed by atoms with Crippen molar-refractivity contribution in [1.82, 2.24) is 15.2 Å². The molecule has 0 radical (unpaired) electrons. The largest absolute Gasteiger partial charge is 0.480 e. The fraction of sp³-hybridized carbons (Fsp3) is 0.500. The van der Waals surface area contributed by atoms with Crippen LogP contribution in [0, 0.1) is 5.92 Å². The van der Waals surface area contributed by atoms with Gasteiger partial charge in [0.2, 0.25) is 0 Å². The maximum absolute atomic E-state index is 12.0. The Morgan fingerprint density at radius 3 is 2.50 bits per heavy atom. The molecule has 0 bridgehead atoms. The normalized spacial score (nSPS) is 13.3. The Labute approximate surface area is 118 Å². The number of carboxylic acids is 1. The van der Waals surface area contributed by atoms with Crippen LogP contribution in [0.3, 0.4) is 0 Å². The van der Waals surface area contributed by atoms with Crippen molar-refractivity contribution in [2.75, 3.05) is 7.05 Å². The Kier molecular flexibility index (Phi) is 5.96. The molecule has 2 atom stereocenters. The predicted octanol–water partition coefficient (Wildman–Crippen LogP) is 1.72. The summed E-state index contributed by atoms with van der Waals surface area (Å²) in [6.07, 6.45) is 3.99. The van der Waals surface area contributed by atoms with Gasteiger partial charge in [0.25, 0.3) is 0 Å². The monoisotopic (exact) mass is 279 g/mol. The molecule has 2 unspecified atom stereocenters. The van der Waals surface area contributed by atoms with Gasteiger partial charge in [0.05, 0.1) is 0 Å². The minimum Gasteiger partial charge on any atom is -0.480 e. The van der Waals surface area contributed by atoms with E-state index in [1.54, 1.807) is 19.4 Å². The number of carbonyl (C=O) groups excluding carboxylic acids is 1. The number of aromatic nitrogens is 1. The van der Waals surface area contributed by atoms with E-state index in [2.05, 4.69) is 10.3 Å². The lowest BCUT2D eigenvalue weighted by molar-refractivity contribution is -0.140. The van der Waals surface area contributed by atoms with Gasteiger partial charge in [0.15, 0.2) is 0 Å². The number of amides is 2. The third-order valence-electron chi connectivity index (χ3n) is 3.27. The molecule has 1 rings (SSSR count). The molecule has 0 spiro atoms. The molecule has 2 amide bonds. The van der Waals surface area contributed by atoms with E-state index in [0.717, 1.165) is 5.56 Å². The van der Waals surface area contributed by atoms with Crippen molar-refractivity contribution in [2.24, 2.45) is 5.92 Å². The van der Waals surface area contributed by atoms with E-state index in [0.29, 0.717) is 13.0 Å². The van der Waals surface area contributed by atoms with Gasteiger partial charge in [0, 0.05) is 26.0 Å². The summed E-state index contributed by atoms with van der Waals surface area (Å²) >= 11 is 0. The Bertz CT molecular complexity index is 450. The third kappa shape index (κ3) is 4.53. The van der Waals surface area contributed by atoms with Crippen LogP contribution in [-0.4, -0.2) is 40.1 Å². The summed E-state index contributed by atoms with van der Waals surface area (Å²) in [5, 5.41) is 11.7. The second-order valence-electron chi connectivity index (χ2n) is 4.86. The van der Waals surface area contributed by atoms with Crippen LogP contribution in [-0.2, 0) is 11.3 Å². The summed E-state index contributed by atoms with van der Waals surface area (Å²) in [5.74, 6) is -1.13. The van der Waals surface area contributed by atoms with Crippen molar-refractivity contribution in [1.29, 1.82) is 0 Å². The van der Waals surface area contributed by atoms with Gasteiger partial charge in [-0.05, 0) is 23.6 Å².